The lowest BCUT2D eigenvalue weighted by Gasteiger charge is -2.31. The number of benzene rings is 1. The second-order valence-corrected chi connectivity index (χ2v) is 6.16. The number of carbonyl (C=O) groups excluding carboxylic acids is 2. The first kappa shape index (κ1) is 20.5. The van der Waals surface area contributed by atoms with E-state index in [2.05, 4.69) is 10.2 Å². The van der Waals surface area contributed by atoms with Gasteiger partial charge in [0.05, 0.1) is 24.8 Å². The van der Waals surface area contributed by atoms with Crippen LogP contribution in [-0.2, 0) is 9.53 Å². The van der Waals surface area contributed by atoms with Gasteiger partial charge in [0, 0.05) is 38.8 Å². The molecule has 0 aliphatic carbocycles. The maximum atomic E-state index is 13.6. The fourth-order valence-corrected chi connectivity index (χ4v) is 3.25. The number of ether oxygens (including phenoxy) is 1. The van der Waals surface area contributed by atoms with Crippen molar-refractivity contribution in [3.8, 4) is 0 Å². The molecule has 1 unspecified atom stereocenters. The number of hydrogen-bond acceptors (Lipinski definition) is 4. The standard InChI is InChI=1S/C17H21F2N3O3.ClH/c18-12-1-2-13(14(19)11-12)16(23)20-4-6-22-5-3-15(17(22)24)21-7-9-25-10-8-21;/h1-2,11,15H,3-10H2,(H,20,23);1H. The minimum absolute atomic E-state index is 0. The Morgan fingerprint density at radius 3 is 2.65 bits per heavy atom. The number of likely N-dealkylation sites (tertiary alicyclic amines) is 1. The summed E-state index contributed by atoms with van der Waals surface area (Å²) in [4.78, 5) is 28.3. The van der Waals surface area contributed by atoms with Crippen molar-refractivity contribution in [1.29, 1.82) is 0 Å². The largest absolute Gasteiger partial charge is 0.379 e. The number of nitrogens with zero attached hydrogens (tertiary/aromatic N) is 2. The molecule has 1 N–H and O–H groups in total. The Balaban J connectivity index is 0.00000243. The van der Waals surface area contributed by atoms with Crippen LogP contribution in [0, 0.1) is 11.6 Å². The molecular weight excluding hydrogens is 368 g/mol. The summed E-state index contributed by atoms with van der Waals surface area (Å²) in [6, 6.07) is 2.70. The molecule has 144 valence electrons. The molecule has 1 atom stereocenters. The van der Waals surface area contributed by atoms with Gasteiger partial charge in [-0.3, -0.25) is 14.5 Å². The van der Waals surface area contributed by atoms with Crippen molar-refractivity contribution < 1.29 is 23.1 Å². The topological polar surface area (TPSA) is 61.9 Å². The fourth-order valence-electron chi connectivity index (χ4n) is 3.25. The first-order valence-corrected chi connectivity index (χ1v) is 8.40. The molecule has 2 aliphatic rings. The SMILES string of the molecule is Cl.O=C(NCCN1CCC(N2CCOCC2)C1=O)c1ccc(F)cc1F. The normalized spacial score (nSPS) is 20.8. The molecule has 2 aliphatic heterocycles. The predicted octanol–water partition coefficient (Wildman–Crippen LogP) is 1.05. The molecule has 0 aromatic heterocycles. The summed E-state index contributed by atoms with van der Waals surface area (Å²) in [5.41, 5.74) is -0.208. The Labute approximate surface area is 156 Å². The number of amides is 2. The molecule has 0 saturated carbocycles. The minimum Gasteiger partial charge on any atom is -0.379 e. The third-order valence-corrected chi connectivity index (χ3v) is 4.60. The molecular formula is C17H22ClF2N3O3. The Kier molecular flexibility index (Phi) is 7.31. The zero-order valence-electron chi connectivity index (χ0n) is 14.2. The van der Waals surface area contributed by atoms with Crippen molar-refractivity contribution in [3.05, 3.63) is 35.4 Å². The van der Waals surface area contributed by atoms with E-state index < -0.39 is 17.5 Å². The van der Waals surface area contributed by atoms with E-state index in [4.69, 9.17) is 4.74 Å². The highest BCUT2D eigenvalue weighted by atomic mass is 35.5. The van der Waals surface area contributed by atoms with Gasteiger partial charge in [-0.2, -0.15) is 0 Å². The number of halogens is 3. The number of nitrogens with one attached hydrogen (secondary N) is 1. The van der Waals surface area contributed by atoms with Gasteiger partial charge < -0.3 is 15.0 Å². The van der Waals surface area contributed by atoms with E-state index in [9.17, 15) is 18.4 Å². The average Bonchev–Trinajstić information content (AvgIpc) is 2.96. The Bertz CT molecular complexity index is 656. The maximum absolute atomic E-state index is 13.6. The van der Waals surface area contributed by atoms with Crippen LogP contribution in [0.2, 0.25) is 0 Å². The summed E-state index contributed by atoms with van der Waals surface area (Å²) in [7, 11) is 0. The highest BCUT2D eigenvalue weighted by molar-refractivity contribution is 5.94. The number of morpholine rings is 1. The number of hydrogen-bond donors (Lipinski definition) is 1. The molecule has 26 heavy (non-hydrogen) atoms. The van der Waals surface area contributed by atoms with E-state index in [-0.39, 0.29) is 36.5 Å². The van der Waals surface area contributed by atoms with Crippen LogP contribution in [0.25, 0.3) is 0 Å². The summed E-state index contributed by atoms with van der Waals surface area (Å²) in [6.07, 6.45) is 0.763. The van der Waals surface area contributed by atoms with Gasteiger partial charge in [0.25, 0.3) is 5.91 Å². The van der Waals surface area contributed by atoms with Crippen LogP contribution in [0.5, 0.6) is 0 Å². The van der Waals surface area contributed by atoms with E-state index in [1.165, 1.54) is 0 Å². The maximum Gasteiger partial charge on any atom is 0.254 e. The smallest absolute Gasteiger partial charge is 0.254 e. The predicted molar refractivity (Wildman–Crippen MR) is 93.3 cm³/mol. The Morgan fingerprint density at radius 1 is 1.23 bits per heavy atom. The minimum atomic E-state index is -0.901. The highest BCUT2D eigenvalue weighted by Gasteiger charge is 2.36. The van der Waals surface area contributed by atoms with E-state index in [0.29, 0.717) is 32.4 Å². The lowest BCUT2D eigenvalue weighted by molar-refractivity contribution is -0.133. The molecule has 0 radical (unpaired) electrons. The van der Waals surface area contributed by atoms with Crippen molar-refractivity contribution in [2.75, 3.05) is 45.9 Å². The lowest BCUT2D eigenvalue weighted by atomic mass is 10.2. The lowest BCUT2D eigenvalue weighted by Crippen LogP contribution is -2.48. The van der Waals surface area contributed by atoms with Crippen LogP contribution in [0.4, 0.5) is 8.78 Å². The summed E-state index contributed by atoms with van der Waals surface area (Å²) in [6.45, 7) is 4.02. The Hall–Kier alpha value is -1.77. The molecule has 6 nitrogen and oxygen atoms in total. The van der Waals surface area contributed by atoms with Crippen LogP contribution >= 0.6 is 12.4 Å². The van der Waals surface area contributed by atoms with Crippen molar-refractivity contribution in [1.82, 2.24) is 15.1 Å². The van der Waals surface area contributed by atoms with E-state index in [1.807, 2.05) is 0 Å². The van der Waals surface area contributed by atoms with Gasteiger partial charge >= 0.3 is 0 Å². The zero-order valence-corrected chi connectivity index (χ0v) is 15.1. The molecule has 2 amide bonds. The molecule has 1 aromatic carbocycles. The van der Waals surface area contributed by atoms with Crippen molar-refractivity contribution in [3.63, 3.8) is 0 Å². The van der Waals surface area contributed by atoms with Gasteiger partial charge in [-0.25, -0.2) is 8.78 Å². The fraction of sp³-hybridized carbons (Fsp3) is 0.529. The molecule has 2 saturated heterocycles. The van der Waals surface area contributed by atoms with Crippen LogP contribution in [0.15, 0.2) is 18.2 Å². The van der Waals surface area contributed by atoms with Crippen molar-refractivity contribution >= 4 is 24.2 Å². The molecule has 2 heterocycles. The second kappa shape index (κ2) is 9.25. The third-order valence-electron chi connectivity index (χ3n) is 4.60. The summed E-state index contributed by atoms with van der Waals surface area (Å²) >= 11 is 0. The van der Waals surface area contributed by atoms with E-state index in [1.54, 1.807) is 4.90 Å². The number of carbonyl (C=O) groups is 2. The van der Waals surface area contributed by atoms with Crippen LogP contribution in [0.3, 0.4) is 0 Å². The van der Waals surface area contributed by atoms with Gasteiger partial charge in [0.1, 0.15) is 11.6 Å². The number of rotatable bonds is 5. The first-order valence-electron chi connectivity index (χ1n) is 8.40. The van der Waals surface area contributed by atoms with Gasteiger partial charge in [-0.1, -0.05) is 0 Å². The summed E-state index contributed by atoms with van der Waals surface area (Å²) < 4.78 is 31.7. The van der Waals surface area contributed by atoms with E-state index >= 15 is 0 Å². The second-order valence-electron chi connectivity index (χ2n) is 6.16. The first-order chi connectivity index (χ1) is 12.1. The quantitative estimate of drug-likeness (QED) is 0.817. The van der Waals surface area contributed by atoms with Crippen LogP contribution < -0.4 is 5.32 Å². The Morgan fingerprint density at radius 2 is 1.96 bits per heavy atom. The monoisotopic (exact) mass is 389 g/mol. The molecule has 0 bridgehead atoms. The summed E-state index contributed by atoms with van der Waals surface area (Å²) in [5.74, 6) is -2.19. The average molecular weight is 390 g/mol. The molecule has 2 fully saturated rings. The molecule has 3 rings (SSSR count). The molecule has 0 spiro atoms. The van der Waals surface area contributed by atoms with Crippen LogP contribution in [-0.4, -0.2) is 73.6 Å². The van der Waals surface area contributed by atoms with Gasteiger partial charge in [-0.05, 0) is 18.6 Å². The van der Waals surface area contributed by atoms with Crippen molar-refractivity contribution in [2.24, 2.45) is 0 Å². The van der Waals surface area contributed by atoms with Gasteiger partial charge in [-0.15, -0.1) is 12.4 Å². The zero-order chi connectivity index (χ0) is 17.8. The summed E-state index contributed by atoms with van der Waals surface area (Å²) in [5, 5.41) is 2.57. The van der Waals surface area contributed by atoms with E-state index in [0.717, 1.165) is 31.6 Å². The highest BCUT2D eigenvalue weighted by Crippen LogP contribution is 2.18. The van der Waals surface area contributed by atoms with Gasteiger partial charge in [0.2, 0.25) is 5.91 Å². The molecule has 9 heteroatoms. The van der Waals surface area contributed by atoms with Crippen LogP contribution in [0.1, 0.15) is 16.8 Å². The third kappa shape index (κ3) is 4.69. The van der Waals surface area contributed by atoms with Crippen molar-refractivity contribution in [2.45, 2.75) is 12.5 Å². The molecule has 1 aromatic rings. The van der Waals surface area contributed by atoms with Gasteiger partial charge in [0.15, 0.2) is 0 Å².